The zero-order valence-electron chi connectivity index (χ0n) is 8.44. The average Bonchev–Trinajstić information content (AvgIpc) is 2.26. The summed E-state index contributed by atoms with van der Waals surface area (Å²) in [6.45, 7) is 1.82. The van der Waals surface area contributed by atoms with Gasteiger partial charge in [0.1, 0.15) is 0 Å². The molecule has 82 valence electrons. The van der Waals surface area contributed by atoms with Crippen molar-refractivity contribution in [2.75, 3.05) is 12.9 Å². The lowest BCUT2D eigenvalue weighted by atomic mass is 10.2. The lowest BCUT2D eigenvalue weighted by Crippen LogP contribution is -2.14. The molecule has 0 saturated carbocycles. The Balaban J connectivity index is 2.43. The molecule has 6 heteroatoms. The Labute approximate surface area is 101 Å². The van der Waals surface area contributed by atoms with E-state index in [2.05, 4.69) is 30.6 Å². The molecule has 1 heterocycles. The second-order valence-electron chi connectivity index (χ2n) is 2.92. The molecule has 1 atom stereocenters. The van der Waals surface area contributed by atoms with Gasteiger partial charge in [0.15, 0.2) is 5.16 Å². The zero-order chi connectivity index (χ0) is 11.3. The number of carbonyl (C=O) groups excluding carboxylic acids is 1. The van der Waals surface area contributed by atoms with Crippen molar-refractivity contribution in [1.29, 1.82) is 0 Å². The zero-order valence-corrected chi connectivity index (χ0v) is 10.8. The fourth-order valence-electron chi connectivity index (χ4n) is 0.844. The van der Waals surface area contributed by atoms with Crippen molar-refractivity contribution < 1.29 is 9.53 Å². The summed E-state index contributed by atoms with van der Waals surface area (Å²) < 4.78 is 5.46. The van der Waals surface area contributed by atoms with Gasteiger partial charge in [0.2, 0.25) is 0 Å². The Morgan fingerprint density at radius 3 is 2.73 bits per heavy atom. The minimum Gasteiger partial charge on any atom is -0.469 e. The molecule has 1 aromatic rings. The first-order valence-corrected chi connectivity index (χ1v) is 6.09. The van der Waals surface area contributed by atoms with Gasteiger partial charge in [0, 0.05) is 18.1 Å². The highest BCUT2D eigenvalue weighted by Gasteiger charge is 2.13. The molecule has 0 aliphatic heterocycles. The third-order valence-electron chi connectivity index (χ3n) is 1.66. The number of rotatable bonds is 4. The van der Waals surface area contributed by atoms with Crippen molar-refractivity contribution in [3.8, 4) is 0 Å². The lowest BCUT2D eigenvalue weighted by Gasteiger charge is -2.07. The van der Waals surface area contributed by atoms with E-state index in [0.29, 0.717) is 10.9 Å². The molecule has 0 spiro atoms. The maximum absolute atomic E-state index is 11.1. The molecule has 0 aliphatic rings. The van der Waals surface area contributed by atoms with Crippen molar-refractivity contribution >= 4 is 33.7 Å². The van der Waals surface area contributed by atoms with Gasteiger partial charge in [-0.2, -0.15) is 0 Å². The van der Waals surface area contributed by atoms with Gasteiger partial charge in [-0.05, 0) is 15.9 Å². The van der Waals surface area contributed by atoms with Gasteiger partial charge in [-0.25, -0.2) is 9.97 Å². The van der Waals surface area contributed by atoms with E-state index in [1.165, 1.54) is 18.9 Å². The fourth-order valence-corrected chi connectivity index (χ4v) is 1.84. The van der Waals surface area contributed by atoms with Crippen molar-refractivity contribution in [3.05, 3.63) is 16.9 Å². The van der Waals surface area contributed by atoms with E-state index in [1.807, 2.05) is 6.92 Å². The number of carbonyl (C=O) groups is 1. The monoisotopic (exact) mass is 290 g/mol. The van der Waals surface area contributed by atoms with Crippen LogP contribution in [0.1, 0.15) is 6.92 Å². The number of methoxy groups -OCH3 is 1. The second kappa shape index (κ2) is 6.07. The molecule has 0 unspecified atom stereocenters. The number of halogens is 1. The normalized spacial score (nSPS) is 12.2. The van der Waals surface area contributed by atoms with Crippen molar-refractivity contribution in [3.63, 3.8) is 0 Å². The number of aromatic nitrogens is 2. The van der Waals surface area contributed by atoms with Crippen LogP contribution in [-0.4, -0.2) is 28.8 Å². The van der Waals surface area contributed by atoms with E-state index < -0.39 is 0 Å². The molecule has 1 rings (SSSR count). The molecular weight excluding hydrogens is 280 g/mol. The minimum atomic E-state index is -0.209. The highest BCUT2D eigenvalue weighted by atomic mass is 79.9. The van der Waals surface area contributed by atoms with E-state index >= 15 is 0 Å². The Morgan fingerprint density at radius 2 is 2.20 bits per heavy atom. The van der Waals surface area contributed by atoms with Crippen LogP contribution in [0.4, 0.5) is 0 Å². The van der Waals surface area contributed by atoms with Crippen LogP contribution in [0, 0.1) is 5.92 Å². The molecule has 0 fully saturated rings. The van der Waals surface area contributed by atoms with E-state index in [4.69, 9.17) is 0 Å². The molecule has 0 N–H and O–H groups in total. The summed E-state index contributed by atoms with van der Waals surface area (Å²) in [4.78, 5) is 19.3. The van der Waals surface area contributed by atoms with Gasteiger partial charge in [-0.15, -0.1) is 0 Å². The smallest absolute Gasteiger partial charge is 0.309 e. The summed E-state index contributed by atoms with van der Waals surface area (Å²) in [5.41, 5.74) is 0. The molecule has 0 amide bonds. The lowest BCUT2D eigenvalue weighted by molar-refractivity contribution is -0.143. The maximum Gasteiger partial charge on any atom is 0.309 e. The Kier molecular flexibility index (Phi) is 5.04. The van der Waals surface area contributed by atoms with Crippen molar-refractivity contribution in [2.24, 2.45) is 5.92 Å². The molecule has 0 saturated heterocycles. The summed E-state index contributed by atoms with van der Waals surface area (Å²) in [6, 6.07) is 0. The first-order chi connectivity index (χ1) is 7.13. The first kappa shape index (κ1) is 12.4. The van der Waals surface area contributed by atoms with Crippen LogP contribution in [0.2, 0.25) is 0 Å². The molecule has 0 aromatic carbocycles. The Morgan fingerprint density at radius 1 is 1.60 bits per heavy atom. The molecule has 0 aliphatic carbocycles. The number of hydrogen-bond donors (Lipinski definition) is 0. The summed E-state index contributed by atoms with van der Waals surface area (Å²) in [7, 11) is 1.39. The quantitative estimate of drug-likeness (QED) is 0.483. The molecule has 4 nitrogen and oxygen atoms in total. The SMILES string of the molecule is COC(=O)[C@@H](C)CSc1ncc(Br)cn1. The van der Waals surface area contributed by atoms with Crippen LogP contribution in [0.15, 0.2) is 22.0 Å². The summed E-state index contributed by atoms with van der Waals surface area (Å²) >= 11 is 4.69. The standard InChI is InChI=1S/C9H11BrN2O2S/c1-6(8(13)14-2)5-15-9-11-3-7(10)4-12-9/h3-4,6H,5H2,1-2H3/t6-/m0/s1. The van der Waals surface area contributed by atoms with Crippen LogP contribution in [0.5, 0.6) is 0 Å². The van der Waals surface area contributed by atoms with E-state index in [0.717, 1.165) is 4.47 Å². The molecule has 15 heavy (non-hydrogen) atoms. The van der Waals surface area contributed by atoms with Gasteiger partial charge in [-0.1, -0.05) is 18.7 Å². The van der Waals surface area contributed by atoms with Gasteiger partial charge < -0.3 is 4.74 Å². The highest BCUT2D eigenvalue weighted by molar-refractivity contribution is 9.10. The maximum atomic E-state index is 11.1. The average molecular weight is 291 g/mol. The van der Waals surface area contributed by atoms with Gasteiger partial charge in [0.05, 0.1) is 17.5 Å². The van der Waals surface area contributed by atoms with Crippen LogP contribution in [-0.2, 0) is 9.53 Å². The number of nitrogens with zero attached hydrogens (tertiary/aromatic N) is 2. The fraction of sp³-hybridized carbons (Fsp3) is 0.444. The van der Waals surface area contributed by atoms with E-state index in [1.54, 1.807) is 12.4 Å². The van der Waals surface area contributed by atoms with E-state index in [-0.39, 0.29) is 11.9 Å². The van der Waals surface area contributed by atoms with Crippen molar-refractivity contribution in [1.82, 2.24) is 9.97 Å². The van der Waals surface area contributed by atoms with Crippen LogP contribution >= 0.6 is 27.7 Å². The predicted octanol–water partition coefficient (Wildman–Crippen LogP) is 2.14. The van der Waals surface area contributed by atoms with Crippen LogP contribution in [0.25, 0.3) is 0 Å². The number of hydrogen-bond acceptors (Lipinski definition) is 5. The number of esters is 1. The Hall–Kier alpha value is -0.620. The molecule has 1 aromatic heterocycles. The molecular formula is C9H11BrN2O2S. The molecule has 0 radical (unpaired) electrons. The van der Waals surface area contributed by atoms with Crippen molar-refractivity contribution in [2.45, 2.75) is 12.1 Å². The summed E-state index contributed by atoms with van der Waals surface area (Å²) in [6.07, 6.45) is 3.36. The van der Waals surface area contributed by atoms with Gasteiger partial charge >= 0.3 is 5.97 Å². The topological polar surface area (TPSA) is 52.1 Å². The van der Waals surface area contributed by atoms with Crippen LogP contribution in [0.3, 0.4) is 0 Å². The number of ether oxygens (including phenoxy) is 1. The summed E-state index contributed by atoms with van der Waals surface area (Å²) in [5.74, 6) is 0.265. The highest BCUT2D eigenvalue weighted by Crippen LogP contribution is 2.17. The van der Waals surface area contributed by atoms with E-state index in [9.17, 15) is 4.79 Å². The first-order valence-electron chi connectivity index (χ1n) is 4.31. The van der Waals surface area contributed by atoms with Gasteiger partial charge in [0.25, 0.3) is 0 Å². The second-order valence-corrected chi connectivity index (χ2v) is 4.82. The van der Waals surface area contributed by atoms with Gasteiger partial charge in [-0.3, -0.25) is 4.79 Å². The third-order valence-corrected chi connectivity index (χ3v) is 3.21. The van der Waals surface area contributed by atoms with Crippen LogP contribution < -0.4 is 0 Å². The summed E-state index contributed by atoms with van der Waals surface area (Å²) in [5, 5.41) is 0.661. The predicted molar refractivity (Wildman–Crippen MR) is 61.6 cm³/mol. The number of thioether (sulfide) groups is 1. The third kappa shape index (κ3) is 4.17. The molecule has 0 bridgehead atoms. The minimum absolute atomic E-state index is 0.146. The largest absolute Gasteiger partial charge is 0.469 e. The Bertz CT molecular complexity index is 331.